The Morgan fingerprint density at radius 1 is 1.03 bits per heavy atom. The van der Waals surface area contributed by atoms with Crippen LogP contribution in [0.2, 0.25) is 0 Å². The van der Waals surface area contributed by atoms with E-state index in [9.17, 15) is 30.0 Å². The second kappa shape index (κ2) is 8.78. The smallest absolute Gasteiger partial charge is 0.310 e. The monoisotopic (exact) mass is 546 g/mol. The second-order valence-electron chi connectivity index (χ2n) is 15.5. The van der Waals surface area contributed by atoms with Crippen LogP contribution in [0.4, 0.5) is 0 Å². The fourth-order valence-corrected chi connectivity index (χ4v) is 11.2. The Bertz CT molecular complexity index is 1080. The molecule has 7 heteroatoms. The summed E-state index contributed by atoms with van der Waals surface area (Å²) < 4.78 is 5.66. The molecule has 0 spiro atoms. The van der Waals surface area contributed by atoms with Gasteiger partial charge in [0.1, 0.15) is 6.10 Å². The van der Waals surface area contributed by atoms with Crippen molar-refractivity contribution in [2.45, 2.75) is 118 Å². The zero-order valence-electron chi connectivity index (χ0n) is 24.9. The van der Waals surface area contributed by atoms with Crippen LogP contribution in [0.25, 0.3) is 0 Å². The summed E-state index contributed by atoms with van der Waals surface area (Å²) in [5.74, 6) is -1.58. The lowest BCUT2D eigenvalue weighted by Gasteiger charge is -2.71. The molecule has 0 saturated heterocycles. The lowest BCUT2D eigenvalue weighted by Crippen LogP contribution is -2.71. The average molecular weight is 547 g/mol. The number of rotatable bonds is 3. The molecular weight excluding hydrogens is 496 g/mol. The molecule has 0 aromatic heterocycles. The third-order valence-electron chi connectivity index (χ3n) is 13.4. The van der Waals surface area contributed by atoms with Crippen LogP contribution in [0.5, 0.6) is 0 Å². The van der Waals surface area contributed by atoms with E-state index in [-0.39, 0.29) is 41.8 Å². The quantitative estimate of drug-likeness (QED) is 0.298. The number of ether oxygens (including phenoxy) is 1. The molecule has 0 aliphatic heterocycles. The Morgan fingerprint density at radius 3 is 2.28 bits per heavy atom. The third kappa shape index (κ3) is 3.57. The van der Waals surface area contributed by atoms with Crippen molar-refractivity contribution in [3.8, 4) is 0 Å². The van der Waals surface area contributed by atoms with Gasteiger partial charge in [-0.05, 0) is 85.0 Å². The summed E-state index contributed by atoms with van der Waals surface area (Å²) in [6.07, 6.45) is 6.11. The lowest BCUT2D eigenvalue weighted by atomic mass is 9.34. The van der Waals surface area contributed by atoms with Gasteiger partial charge in [0.25, 0.3) is 0 Å². The Labute approximate surface area is 233 Å². The summed E-state index contributed by atoms with van der Waals surface area (Å²) in [5, 5.41) is 45.2. The third-order valence-corrected chi connectivity index (χ3v) is 13.4. The summed E-state index contributed by atoms with van der Waals surface area (Å²) in [5.41, 5.74) is -2.99. The fourth-order valence-electron chi connectivity index (χ4n) is 11.2. The van der Waals surface area contributed by atoms with Gasteiger partial charge >= 0.3 is 11.9 Å². The normalized spacial score (nSPS) is 52.3. The number of aliphatic hydroxyl groups is 3. The minimum atomic E-state index is -1.17. The lowest BCUT2D eigenvalue weighted by molar-refractivity contribution is -0.247. The van der Waals surface area contributed by atoms with Gasteiger partial charge in [0.2, 0.25) is 0 Å². The van der Waals surface area contributed by atoms with Gasteiger partial charge in [-0.1, -0.05) is 47.6 Å². The first-order valence-corrected chi connectivity index (χ1v) is 15.1. The molecule has 5 aliphatic carbocycles. The predicted octanol–water partition coefficient (Wildman–Crippen LogP) is 4.72. The number of allylic oxidation sites excluding steroid dienone is 1. The molecule has 11 atom stereocenters. The van der Waals surface area contributed by atoms with Gasteiger partial charge in [-0.3, -0.25) is 9.59 Å². The van der Waals surface area contributed by atoms with E-state index < -0.39 is 45.8 Å². The molecule has 4 unspecified atom stereocenters. The van der Waals surface area contributed by atoms with Crippen molar-refractivity contribution in [2.75, 3.05) is 6.61 Å². The van der Waals surface area contributed by atoms with Gasteiger partial charge in [-0.15, -0.1) is 0 Å². The van der Waals surface area contributed by atoms with Gasteiger partial charge in [0.15, 0.2) is 0 Å². The Balaban J connectivity index is 1.63. The molecule has 5 aliphatic rings. The van der Waals surface area contributed by atoms with Crippen LogP contribution in [-0.4, -0.2) is 56.8 Å². The van der Waals surface area contributed by atoms with E-state index >= 15 is 0 Å². The molecule has 0 aromatic carbocycles. The number of esters is 1. The summed E-state index contributed by atoms with van der Waals surface area (Å²) in [4.78, 5) is 25.1. The second-order valence-corrected chi connectivity index (χ2v) is 15.5. The van der Waals surface area contributed by atoms with Crippen LogP contribution in [0, 0.1) is 50.7 Å². The molecule has 0 heterocycles. The zero-order chi connectivity index (χ0) is 29.0. The van der Waals surface area contributed by atoms with E-state index in [4.69, 9.17) is 4.74 Å². The molecular formula is C32H50O7. The van der Waals surface area contributed by atoms with Gasteiger partial charge in [-0.2, -0.15) is 0 Å². The van der Waals surface area contributed by atoms with Gasteiger partial charge < -0.3 is 25.2 Å². The van der Waals surface area contributed by atoms with Crippen molar-refractivity contribution in [1.82, 2.24) is 0 Å². The van der Waals surface area contributed by atoms with Crippen LogP contribution in [-0.2, 0) is 14.3 Å². The maximum atomic E-state index is 13.1. The van der Waals surface area contributed by atoms with Crippen LogP contribution >= 0.6 is 0 Å². The highest BCUT2D eigenvalue weighted by atomic mass is 16.5. The van der Waals surface area contributed by atoms with E-state index in [0.717, 1.165) is 37.7 Å². The summed E-state index contributed by atoms with van der Waals surface area (Å²) >= 11 is 0. The van der Waals surface area contributed by atoms with E-state index in [1.165, 1.54) is 6.92 Å². The summed E-state index contributed by atoms with van der Waals surface area (Å²) in [6, 6.07) is 0. The molecule has 0 amide bonds. The van der Waals surface area contributed by atoms with Crippen molar-refractivity contribution >= 4 is 11.9 Å². The first-order valence-electron chi connectivity index (χ1n) is 15.1. The minimum absolute atomic E-state index is 0.0405. The molecule has 4 saturated carbocycles. The Morgan fingerprint density at radius 2 is 1.69 bits per heavy atom. The minimum Gasteiger partial charge on any atom is -0.481 e. The molecule has 5 rings (SSSR count). The van der Waals surface area contributed by atoms with Gasteiger partial charge in [0, 0.05) is 24.2 Å². The average Bonchev–Trinajstić information content (AvgIpc) is 2.83. The number of aliphatic carboxylic acids is 1. The van der Waals surface area contributed by atoms with Crippen LogP contribution in [0.15, 0.2) is 11.6 Å². The predicted molar refractivity (Wildman–Crippen MR) is 146 cm³/mol. The van der Waals surface area contributed by atoms with Gasteiger partial charge in [0.05, 0.1) is 23.7 Å². The van der Waals surface area contributed by atoms with Crippen LogP contribution in [0.1, 0.15) is 99.8 Å². The number of fused-ring (bicyclic) bond motifs is 7. The SMILES string of the molecule is CC(=O)O[C@H]1C[C@]2(C(=O)O)C[C@H](C)C3(O)C(=CCC4[C@@]5(C)CC[C@H](O)C(C)(C)C5CC[C@]43C)C2C[C@@]1(C)CO. The van der Waals surface area contributed by atoms with Crippen LogP contribution in [0.3, 0.4) is 0 Å². The van der Waals surface area contributed by atoms with E-state index in [0.29, 0.717) is 18.8 Å². The Hall–Kier alpha value is -1.44. The first kappa shape index (κ1) is 29.1. The molecule has 0 bridgehead atoms. The van der Waals surface area contributed by atoms with Gasteiger partial charge in [-0.25, -0.2) is 0 Å². The summed E-state index contributed by atoms with van der Waals surface area (Å²) in [7, 11) is 0. The van der Waals surface area contributed by atoms with Crippen molar-refractivity contribution in [3.05, 3.63) is 11.6 Å². The number of carboxylic acids is 1. The molecule has 220 valence electrons. The molecule has 4 N–H and O–H groups in total. The highest BCUT2D eigenvalue weighted by Gasteiger charge is 2.73. The zero-order valence-corrected chi connectivity index (χ0v) is 24.9. The standard InChI is InChI=1S/C32H50O7/c1-18-14-31(26(36)37)16-25(39-19(2)34)28(5,17-33)15-21(31)20-8-9-23-29(6)12-11-24(35)27(3,4)22(29)10-13-30(23,7)32(18,20)38/h8,18,21-25,33,35,38H,9-17H2,1-7H3,(H,36,37)/t18-,21?,22?,23?,24-,25-,28-,29-,30+,31+,32?/m0/s1. The largest absolute Gasteiger partial charge is 0.481 e. The van der Waals surface area contributed by atoms with E-state index in [1.807, 2.05) is 13.8 Å². The maximum Gasteiger partial charge on any atom is 0.310 e. The molecule has 0 radical (unpaired) electrons. The first-order chi connectivity index (χ1) is 17.9. The topological polar surface area (TPSA) is 124 Å². The van der Waals surface area contributed by atoms with Crippen molar-refractivity contribution in [3.63, 3.8) is 0 Å². The molecule has 4 fully saturated rings. The molecule has 39 heavy (non-hydrogen) atoms. The number of carboxylic acid groups (broad SMARTS) is 1. The summed E-state index contributed by atoms with van der Waals surface area (Å²) in [6.45, 7) is 14.0. The van der Waals surface area contributed by atoms with Crippen molar-refractivity contribution in [2.24, 2.45) is 50.7 Å². The number of carbonyl (C=O) groups excluding carboxylic acids is 1. The number of aliphatic hydroxyl groups excluding tert-OH is 2. The number of hydrogen-bond donors (Lipinski definition) is 4. The fraction of sp³-hybridized carbons (Fsp3) is 0.875. The number of carbonyl (C=O) groups is 2. The van der Waals surface area contributed by atoms with E-state index in [1.54, 1.807) is 0 Å². The molecule has 7 nitrogen and oxygen atoms in total. The highest BCUT2D eigenvalue weighted by Crippen LogP contribution is 2.74. The Kier molecular flexibility index (Phi) is 6.54. The van der Waals surface area contributed by atoms with Crippen molar-refractivity contribution in [1.29, 1.82) is 0 Å². The maximum absolute atomic E-state index is 13.1. The van der Waals surface area contributed by atoms with Crippen molar-refractivity contribution < 1.29 is 34.8 Å². The molecule has 0 aromatic rings. The number of hydrogen-bond acceptors (Lipinski definition) is 6. The highest BCUT2D eigenvalue weighted by molar-refractivity contribution is 5.77. The van der Waals surface area contributed by atoms with Crippen LogP contribution < -0.4 is 0 Å². The van der Waals surface area contributed by atoms with E-state index in [2.05, 4.69) is 33.8 Å².